The summed E-state index contributed by atoms with van der Waals surface area (Å²) in [5, 5.41) is 3.99. The Hall–Kier alpha value is -2.43. The summed E-state index contributed by atoms with van der Waals surface area (Å²) in [4.78, 5) is 31.5. The van der Waals surface area contributed by atoms with E-state index < -0.39 is 0 Å². The van der Waals surface area contributed by atoms with Gasteiger partial charge in [0.2, 0.25) is 5.91 Å². The number of nitrogens with zero attached hydrogens (tertiary/aromatic N) is 2. The van der Waals surface area contributed by atoms with E-state index in [0.29, 0.717) is 5.56 Å². The third-order valence-electron chi connectivity index (χ3n) is 5.43. The molecule has 130 valence electrons. The molecule has 2 aliphatic rings. The maximum absolute atomic E-state index is 12.7. The van der Waals surface area contributed by atoms with E-state index in [-0.39, 0.29) is 23.8 Å². The van der Waals surface area contributed by atoms with Crippen LogP contribution in [0.2, 0.25) is 0 Å². The quantitative estimate of drug-likeness (QED) is 0.937. The van der Waals surface area contributed by atoms with Crippen LogP contribution in [0.25, 0.3) is 10.9 Å². The van der Waals surface area contributed by atoms with Gasteiger partial charge < -0.3 is 10.2 Å². The average molecular weight is 337 g/mol. The Morgan fingerprint density at radius 3 is 2.72 bits per heavy atom. The number of pyridine rings is 1. The summed E-state index contributed by atoms with van der Waals surface area (Å²) in [7, 11) is 0. The second kappa shape index (κ2) is 6.82. The van der Waals surface area contributed by atoms with Gasteiger partial charge in [0.15, 0.2) is 0 Å². The van der Waals surface area contributed by atoms with Crippen LogP contribution in [0.1, 0.15) is 42.5 Å². The van der Waals surface area contributed by atoms with E-state index in [9.17, 15) is 9.59 Å². The Bertz CT molecular complexity index is 793. The molecule has 0 unspecified atom stereocenters. The van der Waals surface area contributed by atoms with E-state index in [1.165, 1.54) is 0 Å². The molecule has 2 heterocycles. The Kier molecular flexibility index (Phi) is 4.38. The summed E-state index contributed by atoms with van der Waals surface area (Å²) in [5.74, 6) is 0.277. The van der Waals surface area contributed by atoms with E-state index >= 15 is 0 Å². The van der Waals surface area contributed by atoms with Crippen LogP contribution in [-0.2, 0) is 4.79 Å². The number of carbonyl (C=O) groups excluding carboxylic acids is 2. The first kappa shape index (κ1) is 16.1. The highest BCUT2D eigenvalue weighted by Crippen LogP contribution is 2.29. The Balaban J connectivity index is 1.42. The van der Waals surface area contributed by atoms with Crippen LogP contribution in [0.5, 0.6) is 0 Å². The predicted octanol–water partition coefficient (Wildman–Crippen LogP) is 2.76. The fraction of sp³-hybridized carbons (Fsp3) is 0.450. The molecule has 1 aromatic carbocycles. The van der Waals surface area contributed by atoms with Gasteiger partial charge in [0, 0.05) is 36.6 Å². The number of hydrogen-bond acceptors (Lipinski definition) is 3. The van der Waals surface area contributed by atoms with Gasteiger partial charge in [-0.1, -0.05) is 18.2 Å². The molecule has 1 saturated carbocycles. The van der Waals surface area contributed by atoms with Crippen LogP contribution in [0.3, 0.4) is 0 Å². The zero-order valence-electron chi connectivity index (χ0n) is 14.3. The molecule has 5 heteroatoms. The monoisotopic (exact) mass is 337 g/mol. The topological polar surface area (TPSA) is 62.3 Å². The van der Waals surface area contributed by atoms with Crippen molar-refractivity contribution in [3.63, 3.8) is 0 Å². The van der Waals surface area contributed by atoms with E-state index in [2.05, 4.69) is 10.3 Å². The molecular weight excluding hydrogens is 314 g/mol. The molecule has 0 spiro atoms. The number of fused-ring (bicyclic) bond motifs is 1. The van der Waals surface area contributed by atoms with Crippen molar-refractivity contribution in [2.45, 2.75) is 38.1 Å². The highest BCUT2D eigenvalue weighted by atomic mass is 16.2. The molecular formula is C20H23N3O2. The fourth-order valence-corrected chi connectivity index (χ4v) is 4.09. The number of likely N-dealkylation sites (tertiary alicyclic amines) is 1. The molecule has 2 atom stereocenters. The first-order valence-corrected chi connectivity index (χ1v) is 9.16. The molecule has 1 aromatic heterocycles. The van der Waals surface area contributed by atoms with Crippen molar-refractivity contribution < 1.29 is 9.59 Å². The Labute approximate surface area is 147 Å². The minimum Gasteiger partial charge on any atom is -0.349 e. The average Bonchev–Trinajstić information content (AvgIpc) is 3.32. The van der Waals surface area contributed by atoms with Crippen molar-refractivity contribution in [1.29, 1.82) is 0 Å². The number of nitrogens with one attached hydrogen (secondary N) is 1. The second-order valence-corrected chi connectivity index (χ2v) is 7.09. The van der Waals surface area contributed by atoms with Crippen LogP contribution in [0, 0.1) is 5.92 Å². The minimum absolute atomic E-state index is 0.0672. The standard InChI is InChI=1S/C20H23N3O2/c24-19(17-9-10-21-18-6-2-1-5-16(17)18)22-15-8-7-14(13-15)20(25)23-11-3-4-12-23/h1-2,5-6,9-10,14-15H,3-4,7-8,11-13H2,(H,22,24)/t14-,15+/m0/s1. The number of benzene rings is 1. The third kappa shape index (κ3) is 3.23. The van der Waals surface area contributed by atoms with Gasteiger partial charge in [-0.15, -0.1) is 0 Å². The lowest BCUT2D eigenvalue weighted by molar-refractivity contribution is -0.134. The van der Waals surface area contributed by atoms with Gasteiger partial charge in [-0.2, -0.15) is 0 Å². The predicted molar refractivity (Wildman–Crippen MR) is 96.2 cm³/mol. The van der Waals surface area contributed by atoms with Crippen molar-refractivity contribution in [3.8, 4) is 0 Å². The number of amides is 2. The van der Waals surface area contributed by atoms with E-state index in [1.54, 1.807) is 12.3 Å². The highest BCUT2D eigenvalue weighted by Gasteiger charge is 2.34. The van der Waals surface area contributed by atoms with Crippen LogP contribution in [-0.4, -0.2) is 40.8 Å². The Morgan fingerprint density at radius 2 is 1.88 bits per heavy atom. The van der Waals surface area contributed by atoms with Crippen LogP contribution in [0.15, 0.2) is 36.5 Å². The molecule has 2 aromatic rings. The highest BCUT2D eigenvalue weighted by molar-refractivity contribution is 6.06. The molecule has 0 bridgehead atoms. The van der Waals surface area contributed by atoms with Gasteiger partial charge in [-0.3, -0.25) is 14.6 Å². The third-order valence-corrected chi connectivity index (χ3v) is 5.43. The van der Waals surface area contributed by atoms with Crippen molar-refractivity contribution in [1.82, 2.24) is 15.2 Å². The lowest BCUT2D eigenvalue weighted by Gasteiger charge is -2.20. The van der Waals surface area contributed by atoms with Crippen LogP contribution < -0.4 is 5.32 Å². The van der Waals surface area contributed by atoms with Crippen molar-refractivity contribution in [2.75, 3.05) is 13.1 Å². The van der Waals surface area contributed by atoms with Gasteiger partial charge >= 0.3 is 0 Å². The van der Waals surface area contributed by atoms with Gasteiger partial charge in [0.05, 0.1) is 11.1 Å². The van der Waals surface area contributed by atoms with E-state index in [4.69, 9.17) is 0 Å². The Morgan fingerprint density at radius 1 is 1.08 bits per heavy atom. The largest absolute Gasteiger partial charge is 0.349 e. The number of hydrogen-bond donors (Lipinski definition) is 1. The van der Waals surface area contributed by atoms with Crippen LogP contribution in [0.4, 0.5) is 0 Å². The molecule has 0 radical (unpaired) electrons. The summed E-state index contributed by atoms with van der Waals surface area (Å²) in [6, 6.07) is 9.51. The van der Waals surface area contributed by atoms with Gasteiger partial charge in [0.1, 0.15) is 0 Å². The van der Waals surface area contributed by atoms with E-state index in [0.717, 1.165) is 56.1 Å². The molecule has 4 rings (SSSR count). The first-order chi connectivity index (χ1) is 12.2. The van der Waals surface area contributed by atoms with Gasteiger partial charge in [-0.25, -0.2) is 0 Å². The van der Waals surface area contributed by atoms with Gasteiger partial charge in [0.25, 0.3) is 5.91 Å². The summed E-state index contributed by atoms with van der Waals surface area (Å²) in [6.45, 7) is 1.80. The lowest BCUT2D eigenvalue weighted by atomic mass is 10.1. The van der Waals surface area contributed by atoms with E-state index in [1.807, 2.05) is 29.2 Å². The van der Waals surface area contributed by atoms with Gasteiger partial charge in [-0.05, 0) is 44.2 Å². The summed E-state index contributed by atoms with van der Waals surface area (Å²) in [5.41, 5.74) is 1.48. The number of aromatic nitrogens is 1. The lowest BCUT2D eigenvalue weighted by Crippen LogP contribution is -2.36. The molecule has 1 aliphatic heterocycles. The first-order valence-electron chi connectivity index (χ1n) is 9.16. The molecule has 25 heavy (non-hydrogen) atoms. The minimum atomic E-state index is -0.0714. The fourth-order valence-electron chi connectivity index (χ4n) is 4.09. The van der Waals surface area contributed by atoms with Crippen LogP contribution >= 0.6 is 0 Å². The zero-order chi connectivity index (χ0) is 17.2. The SMILES string of the molecule is O=C(N[C@@H]1CC[C@H](C(=O)N2CCCC2)C1)c1ccnc2ccccc12. The molecule has 1 saturated heterocycles. The second-order valence-electron chi connectivity index (χ2n) is 7.09. The smallest absolute Gasteiger partial charge is 0.252 e. The molecule has 2 fully saturated rings. The number of carbonyl (C=O) groups is 2. The maximum Gasteiger partial charge on any atom is 0.252 e. The number of para-hydroxylation sites is 1. The van der Waals surface area contributed by atoms with Crippen molar-refractivity contribution in [2.24, 2.45) is 5.92 Å². The van der Waals surface area contributed by atoms with Crippen molar-refractivity contribution >= 4 is 22.7 Å². The molecule has 1 aliphatic carbocycles. The maximum atomic E-state index is 12.7. The molecule has 2 amide bonds. The summed E-state index contributed by atoms with van der Waals surface area (Å²) in [6.07, 6.45) is 6.41. The summed E-state index contributed by atoms with van der Waals surface area (Å²) >= 11 is 0. The zero-order valence-corrected chi connectivity index (χ0v) is 14.3. The summed E-state index contributed by atoms with van der Waals surface area (Å²) < 4.78 is 0. The van der Waals surface area contributed by atoms with Crippen molar-refractivity contribution in [3.05, 3.63) is 42.1 Å². The normalized spacial score (nSPS) is 23.1. The molecule has 5 nitrogen and oxygen atoms in total. The molecule has 1 N–H and O–H groups in total. The number of rotatable bonds is 3.